The van der Waals surface area contributed by atoms with Gasteiger partial charge in [-0.3, -0.25) is 4.79 Å². The number of carbonyl (C=O) groups is 1. The van der Waals surface area contributed by atoms with Gasteiger partial charge in [0.15, 0.2) is 5.78 Å². The second-order valence-electron chi connectivity index (χ2n) is 4.52. The number of benzene rings is 2. The number of rotatable bonds is 5. The molecule has 0 heterocycles. The highest BCUT2D eigenvalue weighted by atomic mass is 32.2. The fraction of sp³-hybridized carbons (Fsp3) is 0.0625. The molecule has 0 aliphatic heterocycles. The van der Waals surface area contributed by atoms with Gasteiger partial charge >= 0.3 is 0 Å². The van der Waals surface area contributed by atoms with Gasteiger partial charge in [0.2, 0.25) is 10.0 Å². The predicted molar refractivity (Wildman–Crippen MR) is 84.2 cm³/mol. The Kier molecular flexibility index (Phi) is 4.75. The van der Waals surface area contributed by atoms with Crippen molar-refractivity contribution in [2.24, 2.45) is 5.14 Å². The molecular weight excluding hydrogens is 302 g/mol. The third-order valence-corrected chi connectivity index (χ3v) is 3.91. The number of carbonyl (C=O) groups excluding carboxylic acids is 1. The Hall–Kier alpha value is -2.44. The van der Waals surface area contributed by atoms with Gasteiger partial charge in [0.05, 0.1) is 7.11 Å². The number of nitrogens with two attached hydrogens (primary N) is 1. The van der Waals surface area contributed by atoms with E-state index in [1.54, 1.807) is 6.08 Å². The van der Waals surface area contributed by atoms with Gasteiger partial charge in [-0.2, -0.15) is 0 Å². The van der Waals surface area contributed by atoms with Crippen molar-refractivity contribution in [2.45, 2.75) is 4.90 Å². The van der Waals surface area contributed by atoms with E-state index in [1.807, 2.05) is 30.3 Å². The highest BCUT2D eigenvalue weighted by molar-refractivity contribution is 7.89. The van der Waals surface area contributed by atoms with Crippen LogP contribution >= 0.6 is 0 Å². The smallest absolute Gasteiger partial charge is 0.241 e. The van der Waals surface area contributed by atoms with Gasteiger partial charge in [0.25, 0.3) is 0 Å². The SMILES string of the molecule is COc1ccc(C(=O)/C=C/c2ccccc2)cc1S(N)(=O)=O. The second-order valence-corrected chi connectivity index (χ2v) is 6.05. The van der Waals surface area contributed by atoms with E-state index in [1.165, 1.54) is 31.4 Å². The van der Waals surface area contributed by atoms with Crippen LogP contribution in [0.15, 0.2) is 59.5 Å². The summed E-state index contributed by atoms with van der Waals surface area (Å²) in [6.07, 6.45) is 3.03. The molecule has 2 aromatic rings. The van der Waals surface area contributed by atoms with Crippen LogP contribution in [0.3, 0.4) is 0 Å². The fourth-order valence-electron chi connectivity index (χ4n) is 1.88. The summed E-state index contributed by atoms with van der Waals surface area (Å²) in [5.41, 5.74) is 1.09. The summed E-state index contributed by atoms with van der Waals surface area (Å²) in [5.74, 6) is -0.220. The molecule has 0 aliphatic rings. The maximum atomic E-state index is 12.1. The molecule has 0 aliphatic carbocycles. The van der Waals surface area contributed by atoms with E-state index in [0.29, 0.717) is 0 Å². The van der Waals surface area contributed by atoms with Crippen LogP contribution in [0.2, 0.25) is 0 Å². The van der Waals surface area contributed by atoms with E-state index in [9.17, 15) is 13.2 Å². The molecular formula is C16H15NO4S. The zero-order chi connectivity index (χ0) is 16.2. The zero-order valence-corrected chi connectivity index (χ0v) is 12.7. The van der Waals surface area contributed by atoms with Gasteiger partial charge in [0, 0.05) is 5.56 Å². The fourth-order valence-corrected chi connectivity index (χ4v) is 2.61. The molecule has 2 aromatic carbocycles. The van der Waals surface area contributed by atoms with Crippen molar-refractivity contribution < 1.29 is 17.9 Å². The first-order chi connectivity index (χ1) is 10.4. The zero-order valence-electron chi connectivity index (χ0n) is 11.9. The highest BCUT2D eigenvalue weighted by Gasteiger charge is 2.17. The number of allylic oxidation sites excluding steroid dienone is 1. The predicted octanol–water partition coefficient (Wildman–Crippen LogP) is 2.24. The molecule has 0 bridgehead atoms. The van der Waals surface area contributed by atoms with Crippen molar-refractivity contribution in [2.75, 3.05) is 7.11 Å². The van der Waals surface area contributed by atoms with Crippen LogP contribution in [0.25, 0.3) is 6.08 Å². The molecule has 0 fully saturated rings. The van der Waals surface area contributed by atoms with Gasteiger partial charge in [-0.05, 0) is 29.8 Å². The largest absolute Gasteiger partial charge is 0.495 e. The van der Waals surface area contributed by atoms with E-state index in [-0.39, 0.29) is 22.0 Å². The lowest BCUT2D eigenvalue weighted by atomic mass is 10.1. The quantitative estimate of drug-likeness (QED) is 0.677. The first-order valence-corrected chi connectivity index (χ1v) is 7.95. The Balaban J connectivity index is 2.33. The third kappa shape index (κ3) is 3.81. The van der Waals surface area contributed by atoms with Crippen molar-refractivity contribution >= 4 is 21.9 Å². The molecule has 0 spiro atoms. The van der Waals surface area contributed by atoms with Crippen LogP contribution in [0.5, 0.6) is 5.75 Å². The van der Waals surface area contributed by atoms with E-state index < -0.39 is 10.0 Å². The summed E-state index contributed by atoms with van der Waals surface area (Å²) < 4.78 is 28.0. The summed E-state index contributed by atoms with van der Waals surface area (Å²) in [4.78, 5) is 11.9. The highest BCUT2D eigenvalue weighted by Crippen LogP contribution is 2.24. The topological polar surface area (TPSA) is 86.5 Å². The molecule has 0 amide bonds. The minimum absolute atomic E-state index is 0.103. The number of primary sulfonamides is 1. The van der Waals surface area contributed by atoms with Crippen LogP contribution in [0.1, 0.15) is 15.9 Å². The van der Waals surface area contributed by atoms with E-state index in [2.05, 4.69) is 0 Å². The summed E-state index contributed by atoms with van der Waals surface area (Å²) >= 11 is 0. The van der Waals surface area contributed by atoms with Crippen LogP contribution in [-0.4, -0.2) is 21.3 Å². The molecule has 5 nitrogen and oxygen atoms in total. The molecule has 0 radical (unpaired) electrons. The molecule has 2 rings (SSSR count). The lowest BCUT2D eigenvalue weighted by molar-refractivity contribution is 0.104. The summed E-state index contributed by atoms with van der Waals surface area (Å²) in [7, 11) is -2.64. The summed E-state index contributed by atoms with van der Waals surface area (Å²) in [5, 5.41) is 5.13. The maximum Gasteiger partial charge on any atom is 0.241 e. The lowest BCUT2D eigenvalue weighted by Crippen LogP contribution is -2.14. The van der Waals surface area contributed by atoms with Crippen LogP contribution in [-0.2, 0) is 10.0 Å². The maximum absolute atomic E-state index is 12.1. The number of hydrogen-bond donors (Lipinski definition) is 1. The molecule has 0 atom stereocenters. The Bertz CT molecular complexity index is 811. The third-order valence-electron chi connectivity index (χ3n) is 2.98. The molecule has 114 valence electrons. The molecule has 22 heavy (non-hydrogen) atoms. The minimum Gasteiger partial charge on any atom is -0.495 e. The molecule has 0 saturated heterocycles. The van der Waals surface area contributed by atoms with Gasteiger partial charge in [-0.1, -0.05) is 36.4 Å². The van der Waals surface area contributed by atoms with Gasteiger partial charge in [-0.25, -0.2) is 13.6 Å². The average Bonchev–Trinajstić information content (AvgIpc) is 2.52. The summed E-state index contributed by atoms with van der Waals surface area (Å²) in [6, 6.07) is 13.4. The Labute approximate surface area is 129 Å². The van der Waals surface area contributed by atoms with Crippen LogP contribution in [0.4, 0.5) is 0 Å². The molecule has 0 unspecified atom stereocenters. The molecule has 0 aromatic heterocycles. The number of sulfonamides is 1. The number of methoxy groups -OCH3 is 1. The first kappa shape index (κ1) is 15.9. The molecule has 6 heteroatoms. The summed E-state index contributed by atoms with van der Waals surface area (Å²) in [6.45, 7) is 0. The Morgan fingerprint density at radius 2 is 1.82 bits per heavy atom. The molecule has 2 N–H and O–H groups in total. The van der Waals surface area contributed by atoms with Crippen molar-refractivity contribution in [1.29, 1.82) is 0 Å². The van der Waals surface area contributed by atoms with Crippen molar-refractivity contribution in [3.05, 3.63) is 65.7 Å². The van der Waals surface area contributed by atoms with Crippen molar-refractivity contribution in [3.63, 3.8) is 0 Å². The van der Waals surface area contributed by atoms with Crippen molar-refractivity contribution in [3.8, 4) is 5.75 Å². The van der Waals surface area contributed by atoms with Gasteiger partial charge < -0.3 is 4.74 Å². The second kappa shape index (κ2) is 6.55. The molecule has 0 saturated carbocycles. The van der Waals surface area contributed by atoms with Gasteiger partial charge in [-0.15, -0.1) is 0 Å². The van der Waals surface area contributed by atoms with E-state index >= 15 is 0 Å². The van der Waals surface area contributed by atoms with E-state index in [0.717, 1.165) is 5.56 Å². The van der Waals surface area contributed by atoms with Crippen LogP contribution in [0, 0.1) is 0 Å². The van der Waals surface area contributed by atoms with Crippen molar-refractivity contribution in [1.82, 2.24) is 0 Å². The normalized spacial score (nSPS) is 11.5. The first-order valence-electron chi connectivity index (χ1n) is 6.40. The lowest BCUT2D eigenvalue weighted by Gasteiger charge is -2.07. The number of ether oxygens (including phenoxy) is 1. The average molecular weight is 317 g/mol. The Morgan fingerprint density at radius 3 is 2.41 bits per heavy atom. The Morgan fingerprint density at radius 1 is 1.14 bits per heavy atom. The monoisotopic (exact) mass is 317 g/mol. The minimum atomic E-state index is -3.97. The standard InChI is InChI=1S/C16H15NO4S/c1-21-15-10-8-13(11-16(15)22(17,19)20)14(18)9-7-12-5-3-2-4-6-12/h2-11H,1H3,(H2,17,19,20)/b9-7+. The number of hydrogen-bond acceptors (Lipinski definition) is 4. The van der Waals surface area contributed by atoms with Crippen LogP contribution < -0.4 is 9.88 Å². The number of ketones is 1. The van der Waals surface area contributed by atoms with Gasteiger partial charge in [0.1, 0.15) is 10.6 Å². The van der Waals surface area contributed by atoms with E-state index in [4.69, 9.17) is 9.88 Å².